The van der Waals surface area contributed by atoms with Crippen molar-refractivity contribution in [3.8, 4) is 0 Å². The zero-order valence-electron chi connectivity index (χ0n) is 11.0. The van der Waals surface area contributed by atoms with Crippen molar-refractivity contribution in [3.05, 3.63) is 35.4 Å². The molecule has 3 nitrogen and oxygen atoms in total. The van der Waals surface area contributed by atoms with Gasteiger partial charge in [-0.2, -0.15) is 0 Å². The highest BCUT2D eigenvalue weighted by molar-refractivity contribution is 5.95. The Kier molecular flexibility index (Phi) is 3.80. The van der Waals surface area contributed by atoms with Gasteiger partial charge in [0, 0.05) is 31.0 Å². The van der Waals surface area contributed by atoms with Crippen LogP contribution in [0.4, 0.5) is 0 Å². The van der Waals surface area contributed by atoms with E-state index < -0.39 is 0 Å². The van der Waals surface area contributed by atoms with Crippen LogP contribution in [-0.4, -0.2) is 29.7 Å². The van der Waals surface area contributed by atoms with E-state index in [-0.39, 0.29) is 17.6 Å². The monoisotopic (exact) mass is 245 g/mol. The maximum absolute atomic E-state index is 12.3. The minimum Gasteiger partial charge on any atom is -0.337 e. The highest BCUT2D eigenvalue weighted by atomic mass is 16.2. The van der Waals surface area contributed by atoms with Gasteiger partial charge in [-0.15, -0.1) is 0 Å². The summed E-state index contributed by atoms with van der Waals surface area (Å²) in [6.45, 7) is 5.08. The predicted octanol–water partition coefficient (Wildman–Crippen LogP) is 2.30. The van der Waals surface area contributed by atoms with Crippen LogP contribution in [0.3, 0.4) is 0 Å². The number of likely N-dealkylation sites (tertiary alicyclic amines) is 1. The molecule has 0 N–H and O–H groups in total. The van der Waals surface area contributed by atoms with E-state index in [0.29, 0.717) is 25.1 Å². The Morgan fingerprint density at radius 1 is 1.33 bits per heavy atom. The third-order valence-electron chi connectivity index (χ3n) is 3.57. The number of hydrogen-bond donors (Lipinski definition) is 0. The average molecular weight is 245 g/mol. The lowest BCUT2D eigenvalue weighted by atomic mass is 9.98. The lowest BCUT2D eigenvalue weighted by Gasteiger charge is -2.30. The van der Waals surface area contributed by atoms with E-state index in [1.807, 2.05) is 31.2 Å². The van der Waals surface area contributed by atoms with Crippen molar-refractivity contribution in [2.24, 2.45) is 5.92 Å². The summed E-state index contributed by atoms with van der Waals surface area (Å²) in [6.07, 6.45) is 1.46. The van der Waals surface area contributed by atoms with Gasteiger partial charge in [0.15, 0.2) is 0 Å². The lowest BCUT2D eigenvalue weighted by Crippen LogP contribution is -2.43. The van der Waals surface area contributed by atoms with E-state index in [2.05, 4.69) is 6.92 Å². The van der Waals surface area contributed by atoms with Crippen molar-refractivity contribution >= 4 is 11.7 Å². The average Bonchev–Trinajstić information content (AvgIpc) is 2.41. The fraction of sp³-hybridized carbons (Fsp3) is 0.467. The summed E-state index contributed by atoms with van der Waals surface area (Å²) >= 11 is 0. The van der Waals surface area contributed by atoms with E-state index in [1.54, 1.807) is 4.90 Å². The molecule has 0 saturated carbocycles. The summed E-state index contributed by atoms with van der Waals surface area (Å²) in [4.78, 5) is 25.5. The Bertz CT molecular complexity index is 450. The van der Waals surface area contributed by atoms with Gasteiger partial charge in [-0.25, -0.2) is 0 Å². The molecule has 2 rings (SSSR count). The van der Waals surface area contributed by atoms with Crippen LogP contribution in [0.15, 0.2) is 24.3 Å². The third-order valence-corrected chi connectivity index (χ3v) is 3.57. The summed E-state index contributed by atoms with van der Waals surface area (Å²) in [5, 5.41) is 0. The number of aryl methyl sites for hydroxylation is 1. The van der Waals surface area contributed by atoms with E-state index in [4.69, 9.17) is 0 Å². The van der Waals surface area contributed by atoms with Crippen LogP contribution in [-0.2, 0) is 11.2 Å². The Labute approximate surface area is 108 Å². The Balaban J connectivity index is 2.08. The number of carbonyl (C=O) groups excluding carboxylic acids is 2. The molecule has 3 heteroatoms. The summed E-state index contributed by atoms with van der Waals surface area (Å²) in [5.74, 6) is 0.273. The number of carbonyl (C=O) groups is 2. The van der Waals surface area contributed by atoms with Crippen molar-refractivity contribution in [3.63, 3.8) is 0 Å². The van der Waals surface area contributed by atoms with E-state index >= 15 is 0 Å². The van der Waals surface area contributed by atoms with Crippen LogP contribution >= 0.6 is 0 Å². The number of rotatable bonds is 2. The second-order valence-electron chi connectivity index (χ2n) is 4.92. The molecule has 18 heavy (non-hydrogen) atoms. The van der Waals surface area contributed by atoms with Crippen molar-refractivity contribution in [2.75, 3.05) is 13.1 Å². The topological polar surface area (TPSA) is 37.4 Å². The number of Topliss-reactive ketones (excluding diaryl/α,β-unsaturated/α-hetero) is 1. The SMILES string of the molecule is CCc1ccc(C(=O)N2CCC(=O)C(C)C2)cc1. The maximum atomic E-state index is 12.3. The number of piperidine rings is 1. The molecule has 96 valence electrons. The van der Waals surface area contributed by atoms with Crippen molar-refractivity contribution in [1.82, 2.24) is 4.90 Å². The third kappa shape index (κ3) is 2.61. The van der Waals surface area contributed by atoms with Gasteiger partial charge < -0.3 is 4.90 Å². The lowest BCUT2D eigenvalue weighted by molar-refractivity contribution is -0.124. The second kappa shape index (κ2) is 5.34. The van der Waals surface area contributed by atoms with Gasteiger partial charge >= 0.3 is 0 Å². The fourth-order valence-corrected chi connectivity index (χ4v) is 2.27. The molecule has 1 aliphatic rings. The van der Waals surface area contributed by atoms with Crippen LogP contribution in [0.1, 0.15) is 36.2 Å². The number of nitrogens with zero attached hydrogens (tertiary/aromatic N) is 1. The first-order chi connectivity index (χ1) is 8.61. The molecule has 0 aliphatic carbocycles. The van der Waals surface area contributed by atoms with Crippen molar-refractivity contribution in [2.45, 2.75) is 26.7 Å². The molecule has 1 fully saturated rings. The Morgan fingerprint density at radius 3 is 2.56 bits per heavy atom. The molecule has 1 amide bonds. The van der Waals surface area contributed by atoms with Gasteiger partial charge in [0.2, 0.25) is 0 Å². The second-order valence-corrected chi connectivity index (χ2v) is 4.92. The van der Waals surface area contributed by atoms with Crippen LogP contribution in [0.25, 0.3) is 0 Å². The van der Waals surface area contributed by atoms with Crippen LogP contribution in [0.5, 0.6) is 0 Å². The summed E-state index contributed by atoms with van der Waals surface area (Å²) in [6, 6.07) is 7.74. The van der Waals surface area contributed by atoms with E-state index in [1.165, 1.54) is 5.56 Å². The van der Waals surface area contributed by atoms with Crippen LogP contribution < -0.4 is 0 Å². The minimum absolute atomic E-state index is 0.0300. The summed E-state index contributed by atoms with van der Waals surface area (Å²) in [5.41, 5.74) is 1.95. The molecule has 1 heterocycles. The van der Waals surface area contributed by atoms with Crippen LogP contribution in [0, 0.1) is 5.92 Å². The van der Waals surface area contributed by atoms with E-state index in [0.717, 1.165) is 6.42 Å². The normalized spacial score (nSPS) is 20.0. The first-order valence-electron chi connectivity index (χ1n) is 6.52. The molecule has 1 aliphatic heterocycles. The Hall–Kier alpha value is -1.64. The van der Waals surface area contributed by atoms with Gasteiger partial charge in [0.1, 0.15) is 5.78 Å². The molecular weight excluding hydrogens is 226 g/mol. The molecule has 1 unspecified atom stereocenters. The molecule has 1 aromatic carbocycles. The highest BCUT2D eigenvalue weighted by Gasteiger charge is 2.27. The zero-order valence-corrected chi connectivity index (χ0v) is 11.0. The maximum Gasteiger partial charge on any atom is 0.253 e. The van der Waals surface area contributed by atoms with Gasteiger partial charge in [-0.3, -0.25) is 9.59 Å². The zero-order chi connectivity index (χ0) is 13.1. The fourth-order valence-electron chi connectivity index (χ4n) is 2.27. The first-order valence-corrected chi connectivity index (χ1v) is 6.52. The van der Waals surface area contributed by atoms with Gasteiger partial charge in [0.25, 0.3) is 5.91 Å². The molecule has 0 bridgehead atoms. The van der Waals surface area contributed by atoms with Crippen molar-refractivity contribution in [1.29, 1.82) is 0 Å². The number of hydrogen-bond acceptors (Lipinski definition) is 2. The van der Waals surface area contributed by atoms with E-state index in [9.17, 15) is 9.59 Å². The number of benzene rings is 1. The predicted molar refractivity (Wildman–Crippen MR) is 70.5 cm³/mol. The molecule has 0 spiro atoms. The number of amides is 1. The quantitative estimate of drug-likeness (QED) is 0.801. The molecule has 1 atom stereocenters. The van der Waals surface area contributed by atoms with Gasteiger partial charge in [-0.1, -0.05) is 26.0 Å². The smallest absolute Gasteiger partial charge is 0.253 e. The van der Waals surface area contributed by atoms with Crippen LogP contribution in [0.2, 0.25) is 0 Å². The first kappa shape index (κ1) is 12.8. The highest BCUT2D eigenvalue weighted by Crippen LogP contribution is 2.16. The molecule has 1 saturated heterocycles. The molecule has 0 radical (unpaired) electrons. The van der Waals surface area contributed by atoms with Gasteiger partial charge in [0.05, 0.1) is 0 Å². The van der Waals surface area contributed by atoms with Gasteiger partial charge in [-0.05, 0) is 24.1 Å². The molecule has 1 aromatic rings. The summed E-state index contributed by atoms with van der Waals surface area (Å²) < 4.78 is 0. The largest absolute Gasteiger partial charge is 0.337 e. The Morgan fingerprint density at radius 2 is 2.00 bits per heavy atom. The molecular formula is C15H19NO2. The standard InChI is InChI=1S/C15H19NO2/c1-3-12-4-6-13(7-5-12)15(18)16-9-8-14(17)11(2)10-16/h4-7,11H,3,8-10H2,1-2H3. The van der Waals surface area contributed by atoms with Crippen molar-refractivity contribution < 1.29 is 9.59 Å². The minimum atomic E-state index is -0.0300. The molecule has 0 aromatic heterocycles. The number of ketones is 1. The summed E-state index contributed by atoms with van der Waals surface area (Å²) in [7, 11) is 0.